The summed E-state index contributed by atoms with van der Waals surface area (Å²) in [7, 11) is -1.83. The summed E-state index contributed by atoms with van der Waals surface area (Å²) in [4.78, 5) is 0. The Kier molecular flexibility index (Phi) is 2.76. The minimum Gasteiger partial charge on any atom is -0.508 e. The molecule has 0 radical (unpaired) electrons. The molecule has 2 aromatic rings. The first-order valence-electron chi connectivity index (χ1n) is 4.47. The molecule has 2 rings (SSSR count). The van der Waals surface area contributed by atoms with Crippen LogP contribution in [0.3, 0.4) is 0 Å². The van der Waals surface area contributed by atoms with Gasteiger partial charge in [0.15, 0.2) is 0 Å². The molecular weight excluding hydrogens is 233 g/mol. The number of halogens is 2. The number of phenolic OH excluding ortho intramolecular Hbond substituents is 1. The smallest absolute Gasteiger partial charge is 0.489 e. The van der Waals surface area contributed by atoms with E-state index in [1.807, 2.05) is 0 Å². The molecule has 0 aliphatic heterocycles. The molecule has 0 spiro atoms. The zero-order chi connectivity index (χ0) is 11.9. The number of rotatable bonds is 1. The van der Waals surface area contributed by atoms with E-state index in [0.29, 0.717) is 5.39 Å². The molecule has 0 aliphatic rings. The number of phenols is 1. The summed E-state index contributed by atoms with van der Waals surface area (Å²) in [5, 5.41) is 28.0. The number of fused-ring (bicyclic) bond motifs is 1. The quantitative estimate of drug-likeness (QED) is 0.652. The maximum Gasteiger partial charge on any atom is 0.489 e. The van der Waals surface area contributed by atoms with Crippen molar-refractivity contribution in [1.82, 2.24) is 0 Å². The third-order valence-corrected chi connectivity index (χ3v) is 2.67. The molecule has 0 amide bonds. The fraction of sp³-hybridized carbons (Fsp3) is 0. The van der Waals surface area contributed by atoms with Gasteiger partial charge >= 0.3 is 7.12 Å². The second-order valence-corrected chi connectivity index (χ2v) is 3.75. The van der Waals surface area contributed by atoms with Gasteiger partial charge in [-0.25, -0.2) is 4.39 Å². The van der Waals surface area contributed by atoms with Gasteiger partial charge in [0.1, 0.15) is 11.6 Å². The molecule has 0 saturated heterocycles. The van der Waals surface area contributed by atoms with Crippen molar-refractivity contribution in [3.05, 3.63) is 35.1 Å². The predicted molar refractivity (Wildman–Crippen MR) is 60.4 cm³/mol. The highest BCUT2D eigenvalue weighted by Crippen LogP contribution is 2.27. The number of hydrogen-bond donors (Lipinski definition) is 3. The molecule has 0 aromatic heterocycles. The average Bonchev–Trinajstić information content (AvgIpc) is 2.22. The first-order chi connectivity index (χ1) is 7.50. The highest BCUT2D eigenvalue weighted by Gasteiger charge is 2.19. The van der Waals surface area contributed by atoms with Crippen molar-refractivity contribution < 1.29 is 19.5 Å². The molecule has 82 valence electrons. The molecule has 3 N–H and O–H groups in total. The standard InChI is InChI=1S/C10H7BClFO3/c12-10-8(13)2-1-5-3-6(14)4-7(9(5)10)11(15)16/h1-4,14-16H. The van der Waals surface area contributed by atoms with Gasteiger partial charge in [0.2, 0.25) is 0 Å². The van der Waals surface area contributed by atoms with Crippen LogP contribution in [-0.2, 0) is 0 Å². The first-order valence-corrected chi connectivity index (χ1v) is 4.85. The van der Waals surface area contributed by atoms with Crippen LogP contribution in [0.15, 0.2) is 24.3 Å². The lowest BCUT2D eigenvalue weighted by molar-refractivity contribution is 0.425. The molecule has 0 saturated carbocycles. The molecule has 0 fully saturated rings. The van der Waals surface area contributed by atoms with E-state index in [1.165, 1.54) is 12.1 Å². The summed E-state index contributed by atoms with van der Waals surface area (Å²) in [6, 6.07) is 5.06. The maximum atomic E-state index is 13.2. The van der Waals surface area contributed by atoms with Gasteiger partial charge in [-0.05, 0) is 29.0 Å². The van der Waals surface area contributed by atoms with Gasteiger partial charge in [-0.15, -0.1) is 0 Å². The minimum atomic E-state index is -1.83. The van der Waals surface area contributed by atoms with E-state index in [4.69, 9.17) is 21.6 Å². The van der Waals surface area contributed by atoms with Crippen LogP contribution in [0.4, 0.5) is 4.39 Å². The molecular formula is C10H7BClFO3. The monoisotopic (exact) mass is 240 g/mol. The Balaban J connectivity index is 2.92. The number of benzene rings is 2. The van der Waals surface area contributed by atoms with Gasteiger partial charge in [0, 0.05) is 5.39 Å². The number of aromatic hydroxyl groups is 1. The van der Waals surface area contributed by atoms with Crippen LogP contribution in [-0.4, -0.2) is 22.3 Å². The van der Waals surface area contributed by atoms with E-state index in [-0.39, 0.29) is 21.6 Å². The zero-order valence-corrected chi connectivity index (χ0v) is 8.74. The lowest BCUT2D eigenvalue weighted by Gasteiger charge is -2.09. The van der Waals surface area contributed by atoms with Gasteiger partial charge in [-0.2, -0.15) is 0 Å². The third-order valence-electron chi connectivity index (χ3n) is 2.30. The molecule has 0 heterocycles. The average molecular weight is 240 g/mol. The van der Waals surface area contributed by atoms with Crippen molar-refractivity contribution >= 4 is 35.0 Å². The van der Waals surface area contributed by atoms with Gasteiger partial charge in [0.25, 0.3) is 0 Å². The van der Waals surface area contributed by atoms with E-state index >= 15 is 0 Å². The largest absolute Gasteiger partial charge is 0.508 e. The Morgan fingerprint density at radius 1 is 1.19 bits per heavy atom. The van der Waals surface area contributed by atoms with Crippen LogP contribution < -0.4 is 5.46 Å². The fourth-order valence-corrected chi connectivity index (χ4v) is 1.90. The van der Waals surface area contributed by atoms with Crippen LogP contribution in [0, 0.1) is 5.82 Å². The highest BCUT2D eigenvalue weighted by molar-refractivity contribution is 6.63. The van der Waals surface area contributed by atoms with Crippen molar-refractivity contribution in [1.29, 1.82) is 0 Å². The van der Waals surface area contributed by atoms with Crippen molar-refractivity contribution in [3.8, 4) is 5.75 Å². The van der Waals surface area contributed by atoms with Crippen LogP contribution in [0.1, 0.15) is 0 Å². The van der Waals surface area contributed by atoms with E-state index in [0.717, 1.165) is 12.1 Å². The van der Waals surface area contributed by atoms with Crippen molar-refractivity contribution in [2.75, 3.05) is 0 Å². The molecule has 0 atom stereocenters. The second-order valence-electron chi connectivity index (χ2n) is 3.37. The Morgan fingerprint density at radius 2 is 1.88 bits per heavy atom. The van der Waals surface area contributed by atoms with Crippen molar-refractivity contribution in [2.45, 2.75) is 0 Å². The molecule has 0 bridgehead atoms. The topological polar surface area (TPSA) is 60.7 Å². The van der Waals surface area contributed by atoms with E-state index in [2.05, 4.69) is 0 Å². The van der Waals surface area contributed by atoms with Crippen LogP contribution in [0.2, 0.25) is 5.02 Å². The molecule has 0 unspecified atom stereocenters. The first kappa shape index (κ1) is 11.2. The normalized spacial score (nSPS) is 10.8. The Morgan fingerprint density at radius 3 is 2.50 bits per heavy atom. The molecule has 2 aromatic carbocycles. The second kappa shape index (κ2) is 3.94. The Hall–Kier alpha value is -1.30. The molecule has 6 heteroatoms. The van der Waals surface area contributed by atoms with E-state index in [1.54, 1.807) is 0 Å². The predicted octanol–water partition coefficient (Wildman–Crippen LogP) is 1.02. The summed E-state index contributed by atoms with van der Waals surface area (Å²) in [6.45, 7) is 0. The van der Waals surface area contributed by atoms with E-state index < -0.39 is 12.9 Å². The summed E-state index contributed by atoms with van der Waals surface area (Å²) >= 11 is 5.75. The van der Waals surface area contributed by atoms with Gasteiger partial charge in [0.05, 0.1) is 5.02 Å². The molecule has 3 nitrogen and oxygen atoms in total. The SMILES string of the molecule is OB(O)c1cc(O)cc2ccc(F)c(Cl)c12. The van der Waals surface area contributed by atoms with Gasteiger partial charge in [-0.3, -0.25) is 0 Å². The van der Waals surface area contributed by atoms with Gasteiger partial charge in [-0.1, -0.05) is 17.7 Å². The maximum absolute atomic E-state index is 13.2. The number of hydrogen-bond acceptors (Lipinski definition) is 3. The lowest BCUT2D eigenvalue weighted by Crippen LogP contribution is -2.30. The van der Waals surface area contributed by atoms with Crippen molar-refractivity contribution in [3.63, 3.8) is 0 Å². The van der Waals surface area contributed by atoms with Crippen LogP contribution >= 0.6 is 11.6 Å². The van der Waals surface area contributed by atoms with E-state index in [9.17, 15) is 9.50 Å². The summed E-state index contributed by atoms with van der Waals surface area (Å²) in [6.07, 6.45) is 0. The van der Waals surface area contributed by atoms with Crippen molar-refractivity contribution in [2.24, 2.45) is 0 Å². The third kappa shape index (κ3) is 1.73. The van der Waals surface area contributed by atoms with Gasteiger partial charge < -0.3 is 15.2 Å². The summed E-state index contributed by atoms with van der Waals surface area (Å²) in [5.41, 5.74) is -0.0282. The molecule has 0 aliphatic carbocycles. The fourth-order valence-electron chi connectivity index (χ4n) is 1.62. The lowest BCUT2D eigenvalue weighted by atomic mass is 9.77. The van der Waals surface area contributed by atoms with Crippen LogP contribution in [0.25, 0.3) is 10.8 Å². The summed E-state index contributed by atoms with van der Waals surface area (Å²) < 4.78 is 13.2. The summed E-state index contributed by atoms with van der Waals surface area (Å²) in [5.74, 6) is -0.792. The molecule has 16 heavy (non-hydrogen) atoms. The van der Waals surface area contributed by atoms with Crippen LogP contribution in [0.5, 0.6) is 5.75 Å². The highest BCUT2D eigenvalue weighted by atomic mass is 35.5. The Labute approximate surface area is 95.9 Å². The Bertz CT molecular complexity index is 559. The zero-order valence-electron chi connectivity index (χ0n) is 7.98. The minimum absolute atomic E-state index is 0.0282.